The molecule has 0 aliphatic carbocycles. The molecule has 0 aliphatic heterocycles. The fraction of sp³-hybridized carbons (Fsp3) is 0.400. The summed E-state index contributed by atoms with van der Waals surface area (Å²) in [6.07, 6.45) is 0. The molecule has 1 atom stereocenters. The molecule has 23 heavy (non-hydrogen) atoms. The number of rotatable bonds is 6. The number of carbonyl (C=O) groups is 2. The van der Waals surface area contributed by atoms with Crippen LogP contribution >= 0.6 is 0 Å². The lowest BCUT2D eigenvalue weighted by atomic mass is 9.90. The Kier molecular flexibility index (Phi) is 5.79. The standard InChI is InChI=1S/C15H17N3O5/c1-10(2)15(3,9-16)17-13(19)8-23-14(20)11-6-4-5-7-12(11)18(21)22/h4-7,10H,8H2,1-3H3,(H,17,19)/t15-/m1/s1. The van der Waals surface area contributed by atoms with Crippen molar-refractivity contribution in [2.45, 2.75) is 26.3 Å². The fourth-order valence-corrected chi connectivity index (χ4v) is 1.64. The summed E-state index contributed by atoms with van der Waals surface area (Å²) in [5.41, 5.74) is -1.73. The number of hydrogen-bond donors (Lipinski definition) is 1. The first-order valence-corrected chi connectivity index (χ1v) is 6.84. The van der Waals surface area contributed by atoms with E-state index in [1.54, 1.807) is 20.8 Å². The summed E-state index contributed by atoms with van der Waals surface area (Å²) in [5.74, 6) is -1.78. The highest BCUT2D eigenvalue weighted by Gasteiger charge is 2.30. The molecule has 0 saturated heterocycles. The molecule has 0 unspecified atom stereocenters. The Morgan fingerprint density at radius 2 is 2.04 bits per heavy atom. The highest BCUT2D eigenvalue weighted by atomic mass is 16.6. The zero-order chi connectivity index (χ0) is 17.6. The first-order chi connectivity index (χ1) is 10.7. The molecule has 0 fully saturated rings. The average molecular weight is 319 g/mol. The van der Waals surface area contributed by atoms with E-state index in [1.807, 2.05) is 6.07 Å². The van der Waals surface area contributed by atoms with Crippen molar-refractivity contribution in [3.63, 3.8) is 0 Å². The van der Waals surface area contributed by atoms with Gasteiger partial charge in [-0.25, -0.2) is 4.79 Å². The number of esters is 1. The highest BCUT2D eigenvalue weighted by Crippen LogP contribution is 2.18. The first-order valence-electron chi connectivity index (χ1n) is 6.84. The molecule has 8 nitrogen and oxygen atoms in total. The Labute approximate surface area is 133 Å². The summed E-state index contributed by atoms with van der Waals surface area (Å²) in [4.78, 5) is 33.8. The van der Waals surface area contributed by atoms with Crippen LogP contribution in [0.1, 0.15) is 31.1 Å². The lowest BCUT2D eigenvalue weighted by molar-refractivity contribution is -0.385. The minimum atomic E-state index is -1.10. The number of ether oxygens (including phenoxy) is 1. The minimum absolute atomic E-state index is 0.151. The van der Waals surface area contributed by atoms with Crippen LogP contribution in [0.4, 0.5) is 5.69 Å². The van der Waals surface area contributed by atoms with Gasteiger partial charge < -0.3 is 10.1 Å². The van der Waals surface area contributed by atoms with Crippen LogP contribution < -0.4 is 5.32 Å². The smallest absolute Gasteiger partial charge is 0.345 e. The van der Waals surface area contributed by atoms with Crippen LogP contribution in [0.25, 0.3) is 0 Å². The van der Waals surface area contributed by atoms with Gasteiger partial charge in [-0.1, -0.05) is 26.0 Å². The number of amides is 1. The van der Waals surface area contributed by atoms with Crippen LogP contribution in [0.2, 0.25) is 0 Å². The molecule has 0 aliphatic rings. The van der Waals surface area contributed by atoms with E-state index in [9.17, 15) is 19.7 Å². The van der Waals surface area contributed by atoms with E-state index in [4.69, 9.17) is 10.00 Å². The molecule has 0 spiro atoms. The van der Waals surface area contributed by atoms with Crippen molar-refractivity contribution in [1.29, 1.82) is 5.26 Å². The Morgan fingerprint density at radius 1 is 1.43 bits per heavy atom. The topological polar surface area (TPSA) is 122 Å². The minimum Gasteiger partial charge on any atom is -0.452 e. The zero-order valence-electron chi connectivity index (χ0n) is 13.0. The second kappa shape index (κ2) is 7.35. The quantitative estimate of drug-likeness (QED) is 0.484. The van der Waals surface area contributed by atoms with E-state index in [-0.39, 0.29) is 11.5 Å². The molecule has 1 aromatic carbocycles. The maximum Gasteiger partial charge on any atom is 0.345 e. The largest absolute Gasteiger partial charge is 0.452 e. The van der Waals surface area contributed by atoms with Gasteiger partial charge in [0, 0.05) is 6.07 Å². The normalized spacial score (nSPS) is 12.8. The Morgan fingerprint density at radius 3 is 2.57 bits per heavy atom. The van der Waals surface area contributed by atoms with Crippen molar-refractivity contribution < 1.29 is 19.2 Å². The van der Waals surface area contributed by atoms with E-state index in [2.05, 4.69) is 5.32 Å². The SMILES string of the molecule is CC(C)[C@@](C)(C#N)NC(=O)COC(=O)c1ccccc1[N+](=O)[O-]. The Bertz CT molecular complexity index is 665. The summed E-state index contributed by atoms with van der Waals surface area (Å²) in [5, 5.41) is 22.4. The van der Waals surface area contributed by atoms with Gasteiger partial charge in [-0.3, -0.25) is 14.9 Å². The maximum absolute atomic E-state index is 11.9. The lowest BCUT2D eigenvalue weighted by Gasteiger charge is -2.27. The molecule has 1 amide bonds. The predicted octanol–water partition coefficient (Wildman–Crippen LogP) is 1.81. The van der Waals surface area contributed by atoms with Gasteiger partial charge in [0.05, 0.1) is 11.0 Å². The summed E-state index contributed by atoms with van der Waals surface area (Å²) < 4.78 is 4.79. The lowest BCUT2D eigenvalue weighted by Crippen LogP contribution is -2.50. The van der Waals surface area contributed by atoms with Gasteiger partial charge in [-0.05, 0) is 18.9 Å². The van der Waals surface area contributed by atoms with Crippen LogP contribution in [0.5, 0.6) is 0 Å². The Balaban J connectivity index is 2.73. The predicted molar refractivity (Wildman–Crippen MR) is 80.4 cm³/mol. The van der Waals surface area contributed by atoms with Crippen molar-refractivity contribution in [3.8, 4) is 6.07 Å². The number of benzene rings is 1. The van der Waals surface area contributed by atoms with E-state index in [0.29, 0.717) is 0 Å². The van der Waals surface area contributed by atoms with Crippen molar-refractivity contribution in [3.05, 3.63) is 39.9 Å². The monoisotopic (exact) mass is 319 g/mol. The molecule has 0 bridgehead atoms. The van der Waals surface area contributed by atoms with Crippen molar-refractivity contribution >= 4 is 17.6 Å². The number of nitriles is 1. The number of carbonyl (C=O) groups excluding carboxylic acids is 2. The van der Waals surface area contributed by atoms with Crippen LogP contribution in [-0.4, -0.2) is 28.9 Å². The van der Waals surface area contributed by atoms with Gasteiger partial charge in [0.25, 0.3) is 11.6 Å². The van der Waals surface area contributed by atoms with E-state index >= 15 is 0 Å². The molecule has 0 aromatic heterocycles. The third kappa shape index (κ3) is 4.51. The van der Waals surface area contributed by atoms with Crippen LogP contribution in [0.3, 0.4) is 0 Å². The van der Waals surface area contributed by atoms with Gasteiger partial charge in [-0.2, -0.15) is 5.26 Å². The third-order valence-corrected chi connectivity index (χ3v) is 3.44. The number of nitrogens with one attached hydrogen (secondary N) is 1. The molecule has 0 heterocycles. The van der Waals surface area contributed by atoms with E-state index in [1.165, 1.54) is 24.3 Å². The number of nitro groups is 1. The van der Waals surface area contributed by atoms with Crippen LogP contribution in [0.15, 0.2) is 24.3 Å². The maximum atomic E-state index is 11.9. The van der Waals surface area contributed by atoms with Gasteiger partial charge >= 0.3 is 5.97 Å². The zero-order valence-corrected chi connectivity index (χ0v) is 13.0. The number of nitro benzene ring substituents is 1. The van der Waals surface area contributed by atoms with Gasteiger partial charge in [-0.15, -0.1) is 0 Å². The first kappa shape index (κ1) is 18.1. The molecule has 0 radical (unpaired) electrons. The van der Waals surface area contributed by atoms with Gasteiger partial charge in [0.2, 0.25) is 0 Å². The summed E-state index contributed by atoms with van der Waals surface area (Å²) in [7, 11) is 0. The van der Waals surface area contributed by atoms with Crippen molar-refractivity contribution in [2.75, 3.05) is 6.61 Å². The van der Waals surface area contributed by atoms with E-state index < -0.39 is 34.6 Å². The number of hydrogen-bond acceptors (Lipinski definition) is 6. The number of para-hydroxylation sites is 1. The third-order valence-electron chi connectivity index (χ3n) is 3.44. The molecule has 1 N–H and O–H groups in total. The molecule has 122 valence electrons. The molecular formula is C15H17N3O5. The van der Waals surface area contributed by atoms with Gasteiger partial charge in [0.1, 0.15) is 11.1 Å². The summed E-state index contributed by atoms with van der Waals surface area (Å²) >= 11 is 0. The molecular weight excluding hydrogens is 302 g/mol. The average Bonchev–Trinajstić information content (AvgIpc) is 2.52. The highest BCUT2D eigenvalue weighted by molar-refractivity contribution is 5.95. The Hall–Kier alpha value is -2.95. The molecule has 0 saturated carbocycles. The van der Waals surface area contributed by atoms with Crippen LogP contribution in [0, 0.1) is 27.4 Å². The molecule has 1 aromatic rings. The number of nitrogens with zero attached hydrogens (tertiary/aromatic N) is 2. The van der Waals surface area contributed by atoms with E-state index in [0.717, 1.165) is 0 Å². The fourth-order valence-electron chi connectivity index (χ4n) is 1.64. The molecule has 8 heteroatoms. The second-order valence-electron chi connectivity index (χ2n) is 5.37. The van der Waals surface area contributed by atoms with Crippen molar-refractivity contribution in [2.24, 2.45) is 5.92 Å². The molecule has 1 rings (SSSR count). The van der Waals surface area contributed by atoms with Gasteiger partial charge in [0.15, 0.2) is 6.61 Å². The van der Waals surface area contributed by atoms with Crippen LogP contribution in [-0.2, 0) is 9.53 Å². The summed E-state index contributed by atoms with van der Waals surface area (Å²) in [6, 6.07) is 7.27. The summed E-state index contributed by atoms with van der Waals surface area (Å²) in [6.45, 7) is 4.46. The van der Waals surface area contributed by atoms with Crippen molar-refractivity contribution in [1.82, 2.24) is 5.32 Å². The second-order valence-corrected chi connectivity index (χ2v) is 5.37.